The lowest BCUT2D eigenvalue weighted by Gasteiger charge is -2.11. The third kappa shape index (κ3) is 5.54. The van der Waals surface area contributed by atoms with Crippen LogP contribution in [-0.2, 0) is 11.2 Å². The lowest BCUT2D eigenvalue weighted by atomic mass is 10.1. The molecule has 0 saturated carbocycles. The Kier molecular flexibility index (Phi) is 7.20. The van der Waals surface area contributed by atoms with Gasteiger partial charge < -0.3 is 5.32 Å². The summed E-state index contributed by atoms with van der Waals surface area (Å²) in [7, 11) is 0. The minimum absolute atomic E-state index is 0.00242. The number of hydrogen-bond donors (Lipinski definition) is 1. The van der Waals surface area contributed by atoms with E-state index in [-0.39, 0.29) is 11.7 Å². The fraction of sp³-hybridized carbons (Fsp3) is 0.348. The normalized spacial score (nSPS) is 11.2. The molecule has 0 aliphatic rings. The fourth-order valence-corrected chi connectivity index (χ4v) is 3.83. The summed E-state index contributed by atoms with van der Waals surface area (Å²) >= 11 is 1.41. The summed E-state index contributed by atoms with van der Waals surface area (Å²) in [6.45, 7) is 7.04. The first-order valence-electron chi connectivity index (χ1n) is 9.93. The Labute approximate surface area is 175 Å². The van der Waals surface area contributed by atoms with E-state index < -0.39 is 0 Å². The molecule has 152 valence electrons. The van der Waals surface area contributed by atoms with E-state index in [9.17, 15) is 9.18 Å². The van der Waals surface area contributed by atoms with Gasteiger partial charge in [-0.25, -0.2) is 14.4 Å². The fourth-order valence-electron chi connectivity index (χ4n) is 2.99. The molecule has 0 fully saturated rings. The van der Waals surface area contributed by atoms with Gasteiger partial charge in [0.15, 0.2) is 5.82 Å². The van der Waals surface area contributed by atoms with Crippen LogP contribution in [0, 0.1) is 11.7 Å². The van der Waals surface area contributed by atoms with E-state index in [0.29, 0.717) is 24.0 Å². The number of aromatic nitrogens is 2. The molecule has 1 N–H and O–H groups in total. The van der Waals surface area contributed by atoms with Crippen LogP contribution in [0.1, 0.15) is 32.8 Å². The second-order valence-electron chi connectivity index (χ2n) is 7.35. The third-order valence-corrected chi connectivity index (χ3v) is 5.63. The Morgan fingerprint density at radius 3 is 2.59 bits per heavy atom. The van der Waals surface area contributed by atoms with Crippen molar-refractivity contribution in [2.24, 2.45) is 5.92 Å². The van der Waals surface area contributed by atoms with E-state index in [1.165, 1.54) is 23.9 Å². The number of nitrogens with one attached hydrogen (secondary N) is 1. The highest BCUT2D eigenvalue weighted by Crippen LogP contribution is 2.30. The maximum absolute atomic E-state index is 13.3. The summed E-state index contributed by atoms with van der Waals surface area (Å²) in [5, 5.41) is 4.67. The van der Waals surface area contributed by atoms with Gasteiger partial charge in [-0.1, -0.05) is 50.7 Å². The molecule has 29 heavy (non-hydrogen) atoms. The van der Waals surface area contributed by atoms with Crippen molar-refractivity contribution in [3.63, 3.8) is 0 Å². The molecule has 1 amide bonds. The first kappa shape index (κ1) is 21.2. The summed E-state index contributed by atoms with van der Waals surface area (Å²) in [6, 6.07) is 12.2. The molecule has 4 nitrogen and oxygen atoms in total. The van der Waals surface area contributed by atoms with Gasteiger partial charge in [0.05, 0.1) is 11.3 Å². The highest BCUT2D eigenvalue weighted by atomic mass is 32.2. The van der Waals surface area contributed by atoms with Crippen molar-refractivity contribution >= 4 is 28.6 Å². The minimum Gasteiger partial charge on any atom is -0.355 e. The van der Waals surface area contributed by atoms with Gasteiger partial charge >= 0.3 is 0 Å². The molecule has 0 unspecified atom stereocenters. The zero-order valence-electron chi connectivity index (χ0n) is 17.0. The van der Waals surface area contributed by atoms with E-state index in [4.69, 9.17) is 9.97 Å². The molecule has 0 aliphatic heterocycles. The van der Waals surface area contributed by atoms with Crippen LogP contribution in [0.25, 0.3) is 22.3 Å². The first-order valence-corrected chi connectivity index (χ1v) is 10.9. The second kappa shape index (κ2) is 9.83. The quantitative estimate of drug-likeness (QED) is 0.406. The minimum atomic E-state index is -0.295. The molecule has 0 radical (unpaired) electrons. The number of carbonyl (C=O) groups excluding carboxylic acids is 1. The number of aryl methyl sites for hydroxylation is 1. The van der Waals surface area contributed by atoms with Crippen molar-refractivity contribution in [1.82, 2.24) is 15.3 Å². The molecule has 2 aromatic carbocycles. The molecule has 1 heterocycles. The molecule has 0 atom stereocenters. The number of carbonyl (C=O) groups is 1. The SMILES string of the molecule is CCc1cccc2c(SCC(=O)NCCC(C)C)nc(-c3ccc(F)cc3)nc12. The Morgan fingerprint density at radius 1 is 1.14 bits per heavy atom. The predicted molar refractivity (Wildman–Crippen MR) is 117 cm³/mol. The average molecular weight is 412 g/mol. The number of amides is 1. The van der Waals surface area contributed by atoms with Crippen LogP contribution in [-0.4, -0.2) is 28.2 Å². The molecule has 0 spiro atoms. The number of benzene rings is 2. The van der Waals surface area contributed by atoms with Gasteiger partial charge in [-0.3, -0.25) is 4.79 Å². The lowest BCUT2D eigenvalue weighted by molar-refractivity contribution is -0.118. The van der Waals surface area contributed by atoms with Crippen LogP contribution < -0.4 is 5.32 Å². The number of thioether (sulfide) groups is 1. The molecular formula is C23H26FN3OS. The monoisotopic (exact) mass is 411 g/mol. The maximum atomic E-state index is 13.3. The van der Waals surface area contributed by atoms with E-state index in [2.05, 4.69) is 32.2 Å². The summed E-state index contributed by atoms with van der Waals surface area (Å²) in [6.07, 6.45) is 1.80. The third-order valence-electron chi connectivity index (χ3n) is 4.64. The Morgan fingerprint density at radius 2 is 1.90 bits per heavy atom. The second-order valence-corrected chi connectivity index (χ2v) is 8.31. The van der Waals surface area contributed by atoms with E-state index in [0.717, 1.165) is 39.9 Å². The molecule has 3 aromatic rings. The van der Waals surface area contributed by atoms with Crippen molar-refractivity contribution < 1.29 is 9.18 Å². The van der Waals surface area contributed by atoms with Crippen molar-refractivity contribution in [3.8, 4) is 11.4 Å². The van der Waals surface area contributed by atoms with Gasteiger partial charge in [-0.2, -0.15) is 0 Å². The number of hydrogen-bond acceptors (Lipinski definition) is 4. The van der Waals surface area contributed by atoms with Gasteiger partial charge in [0.1, 0.15) is 10.8 Å². The van der Waals surface area contributed by atoms with E-state index in [1.54, 1.807) is 12.1 Å². The van der Waals surface area contributed by atoms with Crippen molar-refractivity contribution in [1.29, 1.82) is 0 Å². The molecule has 6 heteroatoms. The summed E-state index contributed by atoms with van der Waals surface area (Å²) in [5.41, 5.74) is 2.76. The van der Waals surface area contributed by atoms with E-state index in [1.807, 2.05) is 12.1 Å². The zero-order valence-corrected chi connectivity index (χ0v) is 17.9. The van der Waals surface area contributed by atoms with Gasteiger partial charge in [-0.05, 0) is 48.6 Å². The largest absolute Gasteiger partial charge is 0.355 e. The summed E-state index contributed by atoms with van der Waals surface area (Å²) in [5.74, 6) is 1.10. The van der Waals surface area contributed by atoms with Crippen LogP contribution in [0.5, 0.6) is 0 Å². The van der Waals surface area contributed by atoms with Gasteiger partial charge in [0.25, 0.3) is 0 Å². The molecule has 0 saturated heterocycles. The van der Waals surface area contributed by atoms with Crippen LogP contribution in [0.2, 0.25) is 0 Å². The Hall–Kier alpha value is -2.47. The van der Waals surface area contributed by atoms with Gasteiger partial charge in [0, 0.05) is 17.5 Å². The van der Waals surface area contributed by atoms with E-state index >= 15 is 0 Å². The van der Waals surface area contributed by atoms with Gasteiger partial charge in [-0.15, -0.1) is 0 Å². The van der Waals surface area contributed by atoms with Gasteiger partial charge in [0.2, 0.25) is 5.91 Å². The number of nitrogens with zero attached hydrogens (tertiary/aromatic N) is 2. The van der Waals surface area contributed by atoms with Crippen LogP contribution >= 0.6 is 11.8 Å². The molecule has 0 aliphatic carbocycles. The Bertz CT molecular complexity index is 989. The van der Waals surface area contributed by atoms with Crippen LogP contribution in [0.15, 0.2) is 47.5 Å². The standard InChI is InChI=1S/C23H26FN3OS/c1-4-16-6-5-7-19-21(16)26-22(17-8-10-18(24)11-9-17)27-23(19)29-14-20(28)25-13-12-15(2)3/h5-11,15H,4,12-14H2,1-3H3,(H,25,28). The lowest BCUT2D eigenvalue weighted by Crippen LogP contribution is -2.26. The Balaban J connectivity index is 1.90. The number of halogens is 1. The van der Waals surface area contributed by atoms with Crippen molar-refractivity contribution in [2.45, 2.75) is 38.6 Å². The molecule has 0 bridgehead atoms. The summed E-state index contributed by atoms with van der Waals surface area (Å²) in [4.78, 5) is 21.7. The average Bonchev–Trinajstić information content (AvgIpc) is 2.71. The maximum Gasteiger partial charge on any atom is 0.230 e. The van der Waals surface area contributed by atoms with Crippen LogP contribution in [0.4, 0.5) is 4.39 Å². The molecule has 1 aromatic heterocycles. The number of para-hydroxylation sites is 1. The summed E-state index contributed by atoms with van der Waals surface area (Å²) < 4.78 is 13.3. The zero-order chi connectivity index (χ0) is 20.8. The smallest absolute Gasteiger partial charge is 0.230 e. The van der Waals surface area contributed by atoms with Crippen LogP contribution in [0.3, 0.4) is 0 Å². The highest BCUT2D eigenvalue weighted by molar-refractivity contribution is 8.00. The molecular weight excluding hydrogens is 385 g/mol. The predicted octanol–water partition coefficient (Wildman–Crippen LogP) is 5.25. The highest BCUT2D eigenvalue weighted by Gasteiger charge is 2.14. The van der Waals surface area contributed by atoms with Crippen molar-refractivity contribution in [2.75, 3.05) is 12.3 Å². The number of rotatable bonds is 8. The topological polar surface area (TPSA) is 54.9 Å². The first-order chi connectivity index (χ1) is 14.0. The van der Waals surface area contributed by atoms with Crippen molar-refractivity contribution in [3.05, 3.63) is 53.8 Å². The molecule has 3 rings (SSSR count). The number of fused-ring (bicyclic) bond motifs is 1.